The molecule has 0 saturated carbocycles. The van der Waals surface area contributed by atoms with Crippen LogP contribution in [0.25, 0.3) is 98.7 Å². The molecule has 4 aliphatic heterocycles. The molecule has 6 nitrogen and oxygen atoms in total. The Morgan fingerprint density at radius 1 is 0.222 bits per heavy atom. The van der Waals surface area contributed by atoms with E-state index in [1.807, 2.05) is 0 Å². The van der Waals surface area contributed by atoms with Crippen molar-refractivity contribution in [1.82, 2.24) is 0 Å². The van der Waals surface area contributed by atoms with Crippen LogP contribution in [-0.4, -0.2) is 13.4 Å². The Morgan fingerprint density at radius 3 is 0.881 bits per heavy atom. The predicted molar refractivity (Wildman–Crippen MR) is 529 cm³/mol. The number of anilines is 6. The minimum absolute atomic E-state index is 0.0361. The van der Waals surface area contributed by atoms with Gasteiger partial charge >= 0.3 is 0 Å². The first kappa shape index (κ1) is 76.1. The lowest BCUT2D eigenvalue weighted by atomic mass is 9.34. The summed E-state index contributed by atoms with van der Waals surface area (Å²) >= 11 is 0. The van der Waals surface area contributed by atoms with Gasteiger partial charge in [-0.1, -0.05) is 347 Å². The summed E-state index contributed by atoms with van der Waals surface area (Å²) in [6, 6.07) is 143. The smallest absolute Gasteiger partial charge is 0.260 e. The van der Waals surface area contributed by atoms with E-state index in [1.54, 1.807) is 0 Å². The van der Waals surface area contributed by atoms with E-state index in [1.165, 1.54) is 70.9 Å². The van der Waals surface area contributed by atoms with Crippen LogP contribution >= 0.6 is 0 Å². The standard InChI is InChI=1S/C118H90B2N2O4/c1-116(2,3)85-45-53-89(54-46-85)121(88-51-39-76(40-52-88)75-23-10-9-11-24-75)92-69-110-115-113(70-92)126-109-68-84(44-62-105(109)120(115)104-61-43-83(67-108(104)123-110)99-38-22-31-79-27-14-18-34-96(79)99)101-64-74(63-80-28-15-19-35-100(80)101)73-118(7,8)87-49-57-91(58-50-87)122(90-55-47-86(48-56-90)117(4,5)6)93-71-111-114-112(72-93)125-107-66-82(98-37-21-30-78-26-13-17-33-95(78)98)42-60-103(107)119(114)102-59-41-81(65-106(102)124-111)97-36-20-29-77-25-12-16-32-94(77)97/h9-72H,73H2,1-8H3. The topological polar surface area (TPSA) is 43.4 Å². The van der Waals surface area contributed by atoms with Gasteiger partial charge < -0.3 is 28.7 Å². The highest BCUT2D eigenvalue weighted by Gasteiger charge is 2.44. The zero-order valence-corrected chi connectivity index (χ0v) is 71.8. The molecular formula is C118H90B2N2O4. The van der Waals surface area contributed by atoms with Gasteiger partial charge in [0.15, 0.2) is 0 Å². The second-order valence-electron chi connectivity index (χ2n) is 37.2. The van der Waals surface area contributed by atoms with Gasteiger partial charge in [-0.2, -0.15) is 0 Å². The van der Waals surface area contributed by atoms with E-state index in [-0.39, 0.29) is 29.7 Å². The number of nitrogens with zero attached hydrogens (tertiary/aromatic N) is 2. The van der Waals surface area contributed by atoms with E-state index in [2.05, 4.69) is 453 Å². The SMILES string of the molecule is CC(C)(C)c1ccc(N(c2ccc(C(C)(C)Cc3cc(-c4ccc5c(c4)Oc4cc(N(c6ccc(-c7ccccc7)cc6)c6ccc(C(C)(C)C)cc6)cc6c4B5c4ccc(-c5cccc7ccccc57)cc4O6)c4ccccc4c3)cc2)c2cc3c4c(c2)Oc2cc(-c5cccc6ccccc56)ccc2B4c2ccc(-c4cccc5ccccc45)cc2O3)cc1. The maximum absolute atomic E-state index is 7.53. The quantitative estimate of drug-likeness (QED) is 0.101. The zero-order valence-electron chi connectivity index (χ0n) is 71.8. The fourth-order valence-electron chi connectivity index (χ4n) is 20.3. The molecule has 4 heterocycles. The van der Waals surface area contributed by atoms with Gasteiger partial charge in [-0.15, -0.1) is 0 Å². The maximum Gasteiger partial charge on any atom is 0.260 e. The molecule has 126 heavy (non-hydrogen) atoms. The monoisotopic (exact) mass is 1620 g/mol. The number of hydrogen-bond donors (Lipinski definition) is 0. The van der Waals surface area contributed by atoms with Crippen molar-refractivity contribution >= 4 is 123 Å². The highest BCUT2D eigenvalue weighted by molar-refractivity contribution is 6.99. The molecule has 19 aromatic carbocycles. The molecule has 0 aromatic heterocycles. The second-order valence-corrected chi connectivity index (χ2v) is 37.2. The largest absolute Gasteiger partial charge is 0.458 e. The number of benzene rings is 19. The Bertz CT molecular complexity index is 7450. The molecule has 0 saturated heterocycles. The Hall–Kier alpha value is -14.9. The van der Waals surface area contributed by atoms with Crippen LogP contribution in [0.1, 0.15) is 77.6 Å². The van der Waals surface area contributed by atoms with E-state index in [0.29, 0.717) is 0 Å². The van der Waals surface area contributed by atoms with Crippen molar-refractivity contribution in [3.05, 3.63) is 411 Å². The Morgan fingerprint density at radius 2 is 0.516 bits per heavy atom. The summed E-state index contributed by atoms with van der Waals surface area (Å²) in [4.78, 5) is 4.72. The molecule has 23 rings (SSSR count). The van der Waals surface area contributed by atoms with Crippen molar-refractivity contribution in [3.8, 4) is 102 Å². The van der Waals surface area contributed by atoms with Gasteiger partial charge in [-0.3, -0.25) is 0 Å². The summed E-state index contributed by atoms with van der Waals surface area (Å²) < 4.78 is 29.7. The van der Waals surface area contributed by atoms with Crippen LogP contribution in [0.15, 0.2) is 388 Å². The summed E-state index contributed by atoms with van der Waals surface area (Å²) in [5, 5.41) is 9.55. The lowest BCUT2D eigenvalue weighted by molar-refractivity contribution is 0.464. The Balaban J connectivity index is 0.612. The van der Waals surface area contributed by atoms with Crippen LogP contribution in [-0.2, 0) is 22.7 Å². The Kier molecular flexibility index (Phi) is 17.9. The van der Waals surface area contributed by atoms with Crippen molar-refractivity contribution in [1.29, 1.82) is 0 Å². The fraction of sp³-hybridized carbons (Fsp3) is 0.102. The van der Waals surface area contributed by atoms with Crippen LogP contribution in [0, 0.1) is 0 Å². The Labute approximate surface area is 737 Å². The molecule has 0 N–H and O–H groups in total. The third kappa shape index (κ3) is 13.3. The van der Waals surface area contributed by atoms with Crippen LogP contribution in [0.4, 0.5) is 34.1 Å². The average molecular weight is 1620 g/mol. The highest BCUT2D eigenvalue weighted by atomic mass is 16.5. The van der Waals surface area contributed by atoms with Gasteiger partial charge in [0.1, 0.15) is 46.0 Å². The summed E-state index contributed by atoms with van der Waals surface area (Å²) in [6.45, 7) is 18.1. The lowest BCUT2D eigenvalue weighted by Crippen LogP contribution is -2.57. The number of ether oxygens (including phenoxy) is 4. The molecule has 19 aromatic rings. The second kappa shape index (κ2) is 29.7. The van der Waals surface area contributed by atoms with Gasteiger partial charge in [-0.25, -0.2) is 0 Å². The van der Waals surface area contributed by atoms with E-state index >= 15 is 0 Å². The molecule has 0 aliphatic carbocycles. The molecule has 4 aliphatic rings. The van der Waals surface area contributed by atoms with Crippen molar-refractivity contribution in [3.63, 3.8) is 0 Å². The predicted octanol–water partition coefficient (Wildman–Crippen LogP) is 28.1. The normalized spacial score (nSPS) is 12.9. The van der Waals surface area contributed by atoms with Gasteiger partial charge in [-0.05, 0) is 238 Å². The van der Waals surface area contributed by atoms with Crippen LogP contribution in [0.5, 0.6) is 46.0 Å². The molecule has 0 bridgehead atoms. The van der Waals surface area contributed by atoms with E-state index < -0.39 is 0 Å². The van der Waals surface area contributed by atoms with Crippen molar-refractivity contribution in [2.45, 2.75) is 78.1 Å². The van der Waals surface area contributed by atoms with Gasteiger partial charge in [0, 0.05) is 57.9 Å². The summed E-state index contributed by atoms with van der Waals surface area (Å²) in [5.74, 6) is 6.36. The molecule has 0 atom stereocenters. The number of hydrogen-bond acceptors (Lipinski definition) is 6. The maximum atomic E-state index is 7.53. The molecule has 0 spiro atoms. The summed E-state index contributed by atoms with van der Waals surface area (Å²) in [7, 11) is 0. The molecule has 0 radical (unpaired) electrons. The first-order valence-corrected chi connectivity index (χ1v) is 44.1. The lowest BCUT2D eigenvalue weighted by Gasteiger charge is -2.35. The molecule has 8 heteroatoms. The zero-order chi connectivity index (χ0) is 84.8. The van der Waals surface area contributed by atoms with Gasteiger partial charge in [0.2, 0.25) is 0 Å². The molecular weight excluding hydrogens is 1530 g/mol. The summed E-state index contributed by atoms with van der Waals surface area (Å²) in [6.07, 6.45) is 0.768. The highest BCUT2D eigenvalue weighted by Crippen LogP contribution is 2.50. The first-order valence-electron chi connectivity index (χ1n) is 44.1. The summed E-state index contributed by atoms with van der Waals surface area (Å²) in [5.41, 5.74) is 28.2. The van der Waals surface area contributed by atoms with Crippen LogP contribution in [0.2, 0.25) is 0 Å². The minimum atomic E-state index is -0.324. The van der Waals surface area contributed by atoms with Crippen LogP contribution in [0.3, 0.4) is 0 Å². The van der Waals surface area contributed by atoms with E-state index in [0.717, 1.165) is 169 Å². The third-order valence-electron chi connectivity index (χ3n) is 26.8. The van der Waals surface area contributed by atoms with Crippen molar-refractivity contribution in [2.75, 3.05) is 9.80 Å². The van der Waals surface area contributed by atoms with Crippen LogP contribution < -0.4 is 61.5 Å². The number of fused-ring (bicyclic) bond motifs is 12. The molecule has 0 amide bonds. The molecule has 0 unspecified atom stereocenters. The fourth-order valence-corrected chi connectivity index (χ4v) is 20.3. The number of rotatable bonds is 14. The van der Waals surface area contributed by atoms with E-state index in [4.69, 9.17) is 18.9 Å². The van der Waals surface area contributed by atoms with E-state index in [9.17, 15) is 0 Å². The van der Waals surface area contributed by atoms with Crippen molar-refractivity contribution in [2.24, 2.45) is 0 Å². The molecule has 0 fully saturated rings. The van der Waals surface area contributed by atoms with Gasteiger partial charge in [0.25, 0.3) is 13.4 Å². The molecule has 602 valence electrons. The van der Waals surface area contributed by atoms with Gasteiger partial charge in [0.05, 0.1) is 11.4 Å². The first-order chi connectivity index (χ1) is 61.4. The third-order valence-corrected chi connectivity index (χ3v) is 26.8. The minimum Gasteiger partial charge on any atom is -0.458 e. The average Bonchev–Trinajstić information content (AvgIpc) is 0.717. The van der Waals surface area contributed by atoms with Crippen molar-refractivity contribution < 1.29 is 18.9 Å².